The third-order valence-corrected chi connectivity index (χ3v) is 17.6. The van der Waals surface area contributed by atoms with Crippen molar-refractivity contribution in [2.75, 3.05) is 0 Å². The molecule has 0 bridgehead atoms. The molecule has 2 aromatic heterocycles. The van der Waals surface area contributed by atoms with Crippen LogP contribution in [0.3, 0.4) is 0 Å². The van der Waals surface area contributed by atoms with Crippen LogP contribution in [0.25, 0.3) is 138 Å². The maximum Gasteiger partial charge on any atom is -0.0544 e. The first-order valence-corrected chi connectivity index (χ1v) is 25.2. The van der Waals surface area contributed by atoms with Crippen molar-refractivity contribution in [1.29, 1.82) is 0 Å². The molecule has 0 amide bonds. The molecule has 0 aliphatic carbocycles. The number of thiophene rings is 1. The van der Waals surface area contributed by atoms with Gasteiger partial charge in [-0.25, -0.2) is 0 Å². The molecule has 2 heterocycles. The van der Waals surface area contributed by atoms with Crippen LogP contribution in [0.4, 0.5) is 0 Å². The molecule has 0 saturated heterocycles. The molecule has 0 aliphatic heterocycles. The quantitative estimate of drug-likeness (QED) is 0.119. The van der Waals surface area contributed by atoms with Gasteiger partial charge in [-0.15, -0.1) is 0 Å². The first-order chi connectivity index (χ1) is 32.7. The van der Waals surface area contributed by atoms with Crippen LogP contribution in [0.5, 0.6) is 0 Å². The zero-order valence-corrected chi connectivity index (χ0v) is 38.3. The molecule has 0 saturated carbocycles. The number of rotatable bonds is 5. The molecule has 306 valence electrons. The van der Waals surface area contributed by atoms with E-state index in [0.29, 0.717) is 0 Å². The summed E-state index contributed by atoms with van der Waals surface area (Å²) in [4.78, 5) is 0. The Labute approximate surface area is 392 Å². The molecule has 0 atom stereocenters. The summed E-state index contributed by atoms with van der Waals surface area (Å²) in [6.45, 7) is 0. The molecule has 0 spiro atoms. The third-order valence-electron chi connectivity index (χ3n) is 13.8. The van der Waals surface area contributed by atoms with Crippen molar-refractivity contribution in [3.05, 3.63) is 231 Å². The van der Waals surface area contributed by atoms with Crippen molar-refractivity contribution in [2.45, 2.75) is 0 Å². The Morgan fingerprint density at radius 3 is 1.17 bits per heavy atom. The second-order valence-electron chi connectivity index (χ2n) is 17.4. The first kappa shape index (κ1) is 37.8. The number of benzene rings is 12. The van der Waals surface area contributed by atoms with E-state index in [1.807, 2.05) is 11.3 Å². The summed E-state index contributed by atoms with van der Waals surface area (Å²) in [6.07, 6.45) is 0. The normalized spacial score (nSPS) is 11.9. The zero-order chi connectivity index (χ0) is 43.3. The van der Waals surface area contributed by atoms with Gasteiger partial charge in [0.15, 0.2) is 0 Å². The minimum Gasteiger partial charge on any atom is -0.0617 e. The molecular formula is C64H38SSe. The van der Waals surface area contributed by atoms with E-state index < -0.39 is 0 Å². The molecule has 14 rings (SSSR count). The van der Waals surface area contributed by atoms with Gasteiger partial charge in [-0.2, -0.15) is 0 Å². The van der Waals surface area contributed by atoms with E-state index in [1.165, 1.54) is 138 Å². The summed E-state index contributed by atoms with van der Waals surface area (Å²) in [5, 5.41) is 15.7. The molecule has 12 aromatic carbocycles. The third kappa shape index (κ3) is 5.76. The molecule has 0 aliphatic rings. The molecule has 2 heteroatoms. The summed E-state index contributed by atoms with van der Waals surface area (Å²) in [7, 11) is 0. The van der Waals surface area contributed by atoms with Gasteiger partial charge in [0.05, 0.1) is 0 Å². The van der Waals surface area contributed by atoms with Crippen LogP contribution < -0.4 is 0 Å². The van der Waals surface area contributed by atoms with Gasteiger partial charge in [-0.3, -0.25) is 0 Å². The fourth-order valence-corrected chi connectivity index (χ4v) is 14.6. The van der Waals surface area contributed by atoms with Crippen molar-refractivity contribution >= 4 is 108 Å². The molecule has 0 fully saturated rings. The van der Waals surface area contributed by atoms with Gasteiger partial charge in [0, 0.05) is 0 Å². The summed E-state index contributed by atoms with van der Waals surface area (Å²) in [6, 6.07) is 86.3. The van der Waals surface area contributed by atoms with Gasteiger partial charge in [-0.1, -0.05) is 36.4 Å². The van der Waals surface area contributed by atoms with E-state index in [0.717, 1.165) is 0 Å². The van der Waals surface area contributed by atoms with Crippen molar-refractivity contribution in [3.8, 4) is 55.6 Å². The second kappa shape index (κ2) is 15.0. The van der Waals surface area contributed by atoms with Crippen molar-refractivity contribution in [3.63, 3.8) is 0 Å². The number of fused-ring (bicyclic) bond motifs is 10. The Morgan fingerprint density at radius 2 is 0.636 bits per heavy atom. The summed E-state index contributed by atoms with van der Waals surface area (Å²) in [5.41, 5.74) is 12.9. The molecule has 0 N–H and O–H groups in total. The van der Waals surface area contributed by atoms with Gasteiger partial charge in [0.25, 0.3) is 0 Å². The van der Waals surface area contributed by atoms with Crippen LogP contribution in [0.15, 0.2) is 231 Å². The van der Waals surface area contributed by atoms with E-state index in [-0.39, 0.29) is 14.5 Å². The Balaban J connectivity index is 0.970. The fraction of sp³-hybridized carbons (Fsp3) is 0. The van der Waals surface area contributed by atoms with E-state index in [2.05, 4.69) is 231 Å². The minimum absolute atomic E-state index is 0.131. The Bertz CT molecular complexity index is 4160. The van der Waals surface area contributed by atoms with Crippen LogP contribution in [-0.2, 0) is 0 Å². The van der Waals surface area contributed by atoms with Crippen molar-refractivity contribution in [2.24, 2.45) is 0 Å². The predicted octanol–water partition coefficient (Wildman–Crippen LogP) is 18.4. The maximum atomic E-state index is 2.50. The molecule has 0 unspecified atom stereocenters. The summed E-state index contributed by atoms with van der Waals surface area (Å²) >= 11 is 2.01. The van der Waals surface area contributed by atoms with Crippen molar-refractivity contribution in [1.82, 2.24) is 0 Å². The second-order valence-corrected chi connectivity index (χ2v) is 20.7. The van der Waals surface area contributed by atoms with Crippen molar-refractivity contribution < 1.29 is 0 Å². The summed E-state index contributed by atoms with van der Waals surface area (Å²) < 4.78 is 5.55. The molecule has 0 radical (unpaired) electrons. The largest absolute Gasteiger partial charge is 0.0617 e. The van der Waals surface area contributed by atoms with E-state index >= 15 is 0 Å². The van der Waals surface area contributed by atoms with Gasteiger partial charge in [0.1, 0.15) is 0 Å². The topological polar surface area (TPSA) is 0 Å². The van der Waals surface area contributed by atoms with E-state index in [9.17, 15) is 0 Å². The Hall–Kier alpha value is -7.58. The average Bonchev–Trinajstić information content (AvgIpc) is 3.95. The zero-order valence-electron chi connectivity index (χ0n) is 35.8. The smallest absolute Gasteiger partial charge is 0.0544 e. The first-order valence-electron chi connectivity index (χ1n) is 22.7. The van der Waals surface area contributed by atoms with Gasteiger partial charge < -0.3 is 0 Å². The monoisotopic (exact) mass is 918 g/mol. The number of hydrogen-bond acceptors (Lipinski definition) is 1. The van der Waals surface area contributed by atoms with Crippen LogP contribution >= 0.6 is 11.3 Å². The fourth-order valence-electron chi connectivity index (χ4n) is 11.0. The van der Waals surface area contributed by atoms with E-state index in [1.54, 1.807) is 0 Å². The van der Waals surface area contributed by atoms with E-state index in [4.69, 9.17) is 0 Å². The standard InChI is InChI=1S/C64H38SSe/c1-3-16-39(17-4-1)41-30-33-57-54(36-41)55-37-42(31-34-58(55)65-57)61-48-24-11-13-26-50(48)63(51-27-14-12-25-49(51)61)53-29-15-28-52-56-38-43(32-35-59(56)66-64(52)53)62-46-22-9-7-20-44(46)60(40-18-5-2-6-19-40)45-21-8-10-23-47(45)62/h1-38H. The predicted molar refractivity (Wildman–Crippen MR) is 288 cm³/mol. The average molecular weight is 918 g/mol. The maximum absolute atomic E-state index is 2.50. The van der Waals surface area contributed by atoms with Crippen LogP contribution in [-0.4, -0.2) is 14.5 Å². The SMILES string of the molecule is c1ccc(-c2ccc3sc4ccc(-c5c6ccccc6c(-c6cccc7c6[se]c6ccc(-c8c9ccccc9c(-c9ccccc9)c9ccccc89)cc67)c6ccccc56)cc4c3c2)cc1. The van der Waals surface area contributed by atoms with Crippen LogP contribution in [0.1, 0.15) is 0 Å². The van der Waals surface area contributed by atoms with Gasteiger partial charge in [-0.05, 0) is 5.56 Å². The van der Waals surface area contributed by atoms with Gasteiger partial charge >= 0.3 is 353 Å². The molecule has 14 aromatic rings. The van der Waals surface area contributed by atoms with Crippen LogP contribution in [0, 0.1) is 0 Å². The minimum atomic E-state index is 0.131. The number of hydrogen-bond donors (Lipinski definition) is 0. The molecule has 66 heavy (non-hydrogen) atoms. The van der Waals surface area contributed by atoms with Crippen LogP contribution in [0.2, 0.25) is 0 Å². The Morgan fingerprint density at radius 1 is 0.242 bits per heavy atom. The summed E-state index contributed by atoms with van der Waals surface area (Å²) in [5.74, 6) is 0. The molecule has 0 nitrogen and oxygen atoms in total. The Kier molecular flexibility index (Phi) is 8.58. The van der Waals surface area contributed by atoms with Gasteiger partial charge in [0.2, 0.25) is 0 Å². The molecular weight excluding hydrogens is 880 g/mol.